The summed E-state index contributed by atoms with van der Waals surface area (Å²) in [6, 6.07) is 9.08. The molecule has 0 aliphatic rings. The number of carbonyl (C=O) groups excluding carboxylic acids is 1. The third kappa shape index (κ3) is 5.11. The number of halogens is 3. The molecular formula is C18H18BrF2NO3S. The van der Waals surface area contributed by atoms with Gasteiger partial charge in [0.25, 0.3) is 0 Å². The molecule has 0 radical (unpaired) electrons. The molecule has 0 aliphatic carbocycles. The van der Waals surface area contributed by atoms with Crippen LogP contribution in [0.2, 0.25) is 0 Å². The zero-order valence-corrected chi connectivity index (χ0v) is 16.4. The van der Waals surface area contributed by atoms with Crippen LogP contribution in [-0.2, 0) is 21.1 Å². The van der Waals surface area contributed by atoms with E-state index in [9.17, 15) is 22.0 Å². The van der Waals surface area contributed by atoms with Gasteiger partial charge in [-0.2, -0.15) is 0 Å². The molecule has 8 heteroatoms. The van der Waals surface area contributed by atoms with E-state index in [2.05, 4.69) is 21.2 Å². The highest BCUT2D eigenvalue weighted by Crippen LogP contribution is 2.18. The first-order valence-corrected chi connectivity index (χ1v) is 10.3. The summed E-state index contributed by atoms with van der Waals surface area (Å²) in [6.45, 7) is 1.50. The van der Waals surface area contributed by atoms with Crippen LogP contribution in [0.25, 0.3) is 0 Å². The number of hydrogen-bond acceptors (Lipinski definition) is 3. The average molecular weight is 446 g/mol. The number of carbonyl (C=O) groups is 1. The van der Waals surface area contributed by atoms with Crippen molar-refractivity contribution < 1.29 is 22.0 Å². The highest BCUT2D eigenvalue weighted by atomic mass is 79.9. The lowest BCUT2D eigenvalue weighted by Gasteiger charge is -2.13. The molecule has 1 N–H and O–H groups in total. The highest BCUT2D eigenvalue weighted by molar-refractivity contribution is 9.10. The Labute approximate surface area is 159 Å². The standard InChI is InChI=1S/C18H18BrF2NO3S/c1-12(26(24,25)16-8-6-15(20)7-9-16)18(23)22-10-2-3-13-4-5-14(19)11-17(13)21/h4-9,11-12H,2-3,10H2,1H3,(H,22,23). The van der Waals surface area contributed by atoms with Crippen molar-refractivity contribution in [3.8, 4) is 0 Å². The van der Waals surface area contributed by atoms with Crippen molar-refractivity contribution in [2.75, 3.05) is 6.54 Å². The fourth-order valence-corrected chi connectivity index (χ4v) is 3.95. The van der Waals surface area contributed by atoms with Crippen LogP contribution in [0.15, 0.2) is 51.8 Å². The minimum atomic E-state index is -3.90. The van der Waals surface area contributed by atoms with Gasteiger partial charge in [0.15, 0.2) is 9.84 Å². The second-order valence-electron chi connectivity index (χ2n) is 5.77. The Morgan fingerprint density at radius 3 is 2.42 bits per heavy atom. The van der Waals surface area contributed by atoms with Gasteiger partial charge < -0.3 is 5.32 Å². The largest absolute Gasteiger partial charge is 0.355 e. The Bertz CT molecular complexity index is 886. The van der Waals surface area contributed by atoms with Crippen molar-refractivity contribution in [1.82, 2.24) is 5.32 Å². The number of benzene rings is 2. The lowest BCUT2D eigenvalue weighted by molar-refractivity contribution is -0.120. The van der Waals surface area contributed by atoms with Crippen molar-refractivity contribution >= 4 is 31.7 Å². The number of sulfone groups is 1. The second kappa shape index (κ2) is 8.73. The van der Waals surface area contributed by atoms with E-state index in [4.69, 9.17) is 0 Å². The first kappa shape index (κ1) is 20.5. The number of nitrogens with one attached hydrogen (secondary N) is 1. The molecule has 0 saturated carbocycles. The van der Waals surface area contributed by atoms with Gasteiger partial charge in [-0.25, -0.2) is 17.2 Å². The molecule has 1 unspecified atom stereocenters. The summed E-state index contributed by atoms with van der Waals surface area (Å²) in [5.74, 6) is -1.54. The molecule has 140 valence electrons. The Morgan fingerprint density at radius 1 is 1.15 bits per heavy atom. The van der Waals surface area contributed by atoms with Crippen LogP contribution in [-0.4, -0.2) is 26.1 Å². The summed E-state index contributed by atoms with van der Waals surface area (Å²) in [6.07, 6.45) is 0.881. The summed E-state index contributed by atoms with van der Waals surface area (Å²) in [5.41, 5.74) is 0.523. The zero-order valence-electron chi connectivity index (χ0n) is 14.0. The molecule has 0 bridgehead atoms. The van der Waals surface area contributed by atoms with Gasteiger partial charge in [0.05, 0.1) is 4.90 Å². The van der Waals surface area contributed by atoms with Gasteiger partial charge in [0.1, 0.15) is 16.9 Å². The van der Waals surface area contributed by atoms with Gasteiger partial charge in [0, 0.05) is 11.0 Å². The number of hydrogen-bond donors (Lipinski definition) is 1. The SMILES string of the molecule is CC(C(=O)NCCCc1ccc(Br)cc1F)S(=O)(=O)c1ccc(F)cc1. The normalized spacial score (nSPS) is 12.6. The topological polar surface area (TPSA) is 63.2 Å². The molecule has 0 saturated heterocycles. The molecule has 0 heterocycles. The molecule has 0 fully saturated rings. The highest BCUT2D eigenvalue weighted by Gasteiger charge is 2.29. The summed E-state index contributed by atoms with van der Waals surface area (Å²) in [4.78, 5) is 12.0. The molecular weight excluding hydrogens is 428 g/mol. The van der Waals surface area contributed by atoms with Crippen LogP contribution in [0.1, 0.15) is 18.9 Å². The molecule has 26 heavy (non-hydrogen) atoms. The first-order valence-electron chi connectivity index (χ1n) is 7.93. The number of amides is 1. The Hall–Kier alpha value is -1.80. The fraction of sp³-hybridized carbons (Fsp3) is 0.278. The van der Waals surface area contributed by atoms with E-state index < -0.39 is 26.8 Å². The third-order valence-electron chi connectivity index (χ3n) is 3.91. The van der Waals surface area contributed by atoms with Crippen LogP contribution in [0.5, 0.6) is 0 Å². The zero-order chi connectivity index (χ0) is 19.3. The minimum absolute atomic E-state index is 0.113. The van der Waals surface area contributed by atoms with Gasteiger partial charge in [-0.15, -0.1) is 0 Å². The number of aryl methyl sites for hydroxylation is 1. The van der Waals surface area contributed by atoms with Crippen molar-refractivity contribution in [3.05, 3.63) is 64.1 Å². The minimum Gasteiger partial charge on any atom is -0.355 e. The molecule has 4 nitrogen and oxygen atoms in total. The van der Waals surface area contributed by atoms with Crippen LogP contribution >= 0.6 is 15.9 Å². The molecule has 2 rings (SSSR count). The molecule has 0 aromatic heterocycles. The Balaban J connectivity index is 1.89. The van der Waals surface area contributed by atoms with E-state index in [1.54, 1.807) is 12.1 Å². The van der Waals surface area contributed by atoms with E-state index in [0.29, 0.717) is 22.9 Å². The van der Waals surface area contributed by atoms with E-state index in [1.165, 1.54) is 13.0 Å². The van der Waals surface area contributed by atoms with E-state index in [-0.39, 0.29) is 17.3 Å². The smallest absolute Gasteiger partial charge is 0.238 e. The number of rotatable bonds is 7. The van der Waals surface area contributed by atoms with Crippen LogP contribution < -0.4 is 5.32 Å². The summed E-state index contributed by atoms with van der Waals surface area (Å²) in [5, 5.41) is 1.24. The Morgan fingerprint density at radius 2 is 1.81 bits per heavy atom. The van der Waals surface area contributed by atoms with Crippen LogP contribution in [0.4, 0.5) is 8.78 Å². The lowest BCUT2D eigenvalue weighted by Crippen LogP contribution is -2.38. The maximum absolute atomic E-state index is 13.7. The third-order valence-corrected chi connectivity index (χ3v) is 6.48. The quantitative estimate of drug-likeness (QED) is 0.522. The van der Waals surface area contributed by atoms with Crippen molar-refractivity contribution in [1.29, 1.82) is 0 Å². The molecule has 2 aromatic carbocycles. The predicted molar refractivity (Wildman–Crippen MR) is 98.5 cm³/mol. The van der Waals surface area contributed by atoms with Crippen molar-refractivity contribution in [2.45, 2.75) is 29.9 Å². The molecule has 0 aliphatic heterocycles. The molecule has 2 aromatic rings. The fourth-order valence-electron chi connectivity index (χ4n) is 2.33. The van der Waals surface area contributed by atoms with Gasteiger partial charge in [-0.05, 0) is 61.7 Å². The van der Waals surface area contributed by atoms with Gasteiger partial charge in [0.2, 0.25) is 5.91 Å². The monoisotopic (exact) mass is 445 g/mol. The van der Waals surface area contributed by atoms with Crippen LogP contribution in [0.3, 0.4) is 0 Å². The van der Waals surface area contributed by atoms with Gasteiger partial charge >= 0.3 is 0 Å². The van der Waals surface area contributed by atoms with E-state index in [1.807, 2.05) is 0 Å². The summed E-state index contributed by atoms with van der Waals surface area (Å²) < 4.78 is 52.0. The van der Waals surface area contributed by atoms with Crippen molar-refractivity contribution in [3.63, 3.8) is 0 Å². The second-order valence-corrected chi connectivity index (χ2v) is 8.96. The average Bonchev–Trinajstić information content (AvgIpc) is 2.59. The molecule has 0 spiro atoms. The first-order chi connectivity index (χ1) is 12.2. The molecule has 1 amide bonds. The van der Waals surface area contributed by atoms with Gasteiger partial charge in [-0.1, -0.05) is 22.0 Å². The summed E-state index contributed by atoms with van der Waals surface area (Å²) >= 11 is 3.18. The summed E-state index contributed by atoms with van der Waals surface area (Å²) in [7, 11) is -3.90. The predicted octanol–water partition coefficient (Wildman–Crippen LogP) is 3.64. The molecule has 1 atom stereocenters. The maximum atomic E-state index is 13.7. The maximum Gasteiger partial charge on any atom is 0.238 e. The van der Waals surface area contributed by atoms with E-state index >= 15 is 0 Å². The van der Waals surface area contributed by atoms with Crippen molar-refractivity contribution in [2.24, 2.45) is 0 Å². The van der Waals surface area contributed by atoms with Crippen LogP contribution in [0, 0.1) is 11.6 Å². The lowest BCUT2D eigenvalue weighted by atomic mass is 10.1. The van der Waals surface area contributed by atoms with E-state index in [0.717, 1.165) is 24.3 Å². The van der Waals surface area contributed by atoms with Gasteiger partial charge in [-0.3, -0.25) is 4.79 Å². The Kier molecular flexibility index (Phi) is 6.88.